The summed E-state index contributed by atoms with van der Waals surface area (Å²) in [5.41, 5.74) is 12.6. The highest BCUT2D eigenvalue weighted by atomic mass is 31.1. The van der Waals surface area contributed by atoms with Crippen LogP contribution >= 0.6 is 8.07 Å². The van der Waals surface area contributed by atoms with E-state index in [1.54, 1.807) is 0 Å². The number of hydrogen-bond donors (Lipinski definition) is 2. The van der Waals surface area contributed by atoms with Crippen LogP contribution in [0.1, 0.15) is 54.6 Å². The van der Waals surface area contributed by atoms with Gasteiger partial charge >= 0.3 is 0 Å². The minimum Gasteiger partial charge on any atom is -0.398 e. The molecule has 3 N–H and O–H groups in total. The standard InChI is InChI=1S/C20H25N4P.C5H10.C2H2/c1-14-5-7-16(8-6-14)11-17-9-10-18-19(12-17)24(3)20(23-18)13-22-25(4)15(2)21;1-2-4-5-3-1;1-2/h5-10,12,22H,2,11,13,21H2,1,3-4H3;1-5H2;1-2H. The maximum atomic E-state index is 5.76. The average Bonchev–Trinajstić information content (AvgIpc) is 3.48. The lowest BCUT2D eigenvalue weighted by molar-refractivity contribution is 0.781. The largest absolute Gasteiger partial charge is 0.398 e. The van der Waals surface area contributed by atoms with E-state index in [1.165, 1.54) is 48.8 Å². The molecule has 0 spiro atoms. The van der Waals surface area contributed by atoms with E-state index in [0.29, 0.717) is 12.0 Å². The van der Waals surface area contributed by atoms with Gasteiger partial charge in [-0.15, -0.1) is 12.8 Å². The summed E-state index contributed by atoms with van der Waals surface area (Å²) in [5, 5.41) is 3.42. The van der Waals surface area contributed by atoms with Crippen LogP contribution in [0.2, 0.25) is 0 Å². The summed E-state index contributed by atoms with van der Waals surface area (Å²) in [7, 11) is 1.50. The van der Waals surface area contributed by atoms with Crippen molar-refractivity contribution in [2.24, 2.45) is 12.8 Å². The Morgan fingerprint density at radius 1 is 1.06 bits per heavy atom. The van der Waals surface area contributed by atoms with Crippen LogP contribution in [0, 0.1) is 19.8 Å². The Balaban J connectivity index is 0.000000448. The molecule has 5 heteroatoms. The lowest BCUT2D eigenvalue weighted by atomic mass is 10.0. The van der Waals surface area contributed by atoms with Gasteiger partial charge in [0.15, 0.2) is 0 Å². The Labute approximate surface area is 195 Å². The van der Waals surface area contributed by atoms with E-state index in [4.69, 9.17) is 10.7 Å². The van der Waals surface area contributed by atoms with Crippen molar-refractivity contribution in [2.45, 2.75) is 52.0 Å². The summed E-state index contributed by atoms with van der Waals surface area (Å²) in [5.74, 6) is 1.01. The molecule has 1 heterocycles. The number of nitrogens with one attached hydrogen (secondary N) is 1. The number of nitrogens with two attached hydrogens (primary N) is 1. The molecule has 4 nitrogen and oxygen atoms in total. The van der Waals surface area contributed by atoms with Gasteiger partial charge in [0.2, 0.25) is 0 Å². The highest BCUT2D eigenvalue weighted by molar-refractivity contribution is 7.59. The molecule has 0 amide bonds. The van der Waals surface area contributed by atoms with Crippen LogP contribution in [0.25, 0.3) is 11.0 Å². The number of aromatic nitrogens is 2. The fraction of sp³-hybridized carbons (Fsp3) is 0.370. The molecule has 0 bridgehead atoms. The fourth-order valence-electron chi connectivity index (χ4n) is 3.67. The zero-order valence-corrected chi connectivity index (χ0v) is 20.7. The molecule has 1 unspecified atom stereocenters. The Morgan fingerprint density at radius 2 is 1.62 bits per heavy atom. The first-order valence-corrected chi connectivity index (χ1v) is 13.0. The second kappa shape index (κ2) is 13.1. The van der Waals surface area contributed by atoms with Crippen LogP contribution in [0.5, 0.6) is 0 Å². The van der Waals surface area contributed by atoms with Gasteiger partial charge in [0.25, 0.3) is 0 Å². The quantitative estimate of drug-likeness (QED) is 0.348. The van der Waals surface area contributed by atoms with Crippen LogP contribution in [0.3, 0.4) is 0 Å². The van der Waals surface area contributed by atoms with E-state index in [1.807, 2.05) is 0 Å². The molecule has 0 saturated heterocycles. The SMILES string of the molecule is C#C.C1CCCC1.C=C(N)P(C)NCc1nc2ccc(Cc3ccc(C)cc3)cc2n1C. The zero-order valence-electron chi connectivity index (χ0n) is 19.8. The van der Waals surface area contributed by atoms with Gasteiger partial charge in [-0.05, 0) is 43.3 Å². The first-order valence-electron chi connectivity index (χ1n) is 11.2. The lowest BCUT2D eigenvalue weighted by Crippen LogP contribution is -2.13. The number of rotatable bonds is 6. The number of terminal acetylenes is 1. The van der Waals surface area contributed by atoms with Crippen molar-refractivity contribution in [1.82, 2.24) is 14.6 Å². The maximum absolute atomic E-state index is 5.76. The van der Waals surface area contributed by atoms with Gasteiger partial charge in [0, 0.05) is 20.6 Å². The molecule has 1 aliphatic carbocycles. The summed E-state index contributed by atoms with van der Waals surface area (Å²) < 4.78 is 2.16. The molecule has 1 fully saturated rings. The van der Waals surface area contributed by atoms with Gasteiger partial charge < -0.3 is 10.3 Å². The van der Waals surface area contributed by atoms with Crippen LogP contribution in [0.4, 0.5) is 0 Å². The Bertz CT molecular complexity index is 1010. The lowest BCUT2D eigenvalue weighted by Gasteiger charge is -2.12. The molecule has 1 saturated carbocycles. The van der Waals surface area contributed by atoms with E-state index in [9.17, 15) is 0 Å². The Kier molecular flexibility index (Phi) is 10.5. The second-order valence-corrected chi connectivity index (χ2v) is 10.2. The minimum atomic E-state index is -0.567. The second-order valence-electron chi connectivity index (χ2n) is 8.23. The van der Waals surface area contributed by atoms with Gasteiger partial charge in [0.05, 0.1) is 17.6 Å². The van der Waals surface area contributed by atoms with Crippen molar-refractivity contribution < 1.29 is 0 Å². The van der Waals surface area contributed by atoms with Crippen LogP contribution in [0.15, 0.2) is 54.5 Å². The van der Waals surface area contributed by atoms with Crippen molar-refractivity contribution in [3.05, 3.63) is 77.0 Å². The molecule has 0 radical (unpaired) electrons. The highest BCUT2D eigenvalue weighted by Gasteiger charge is 2.10. The first kappa shape index (κ1) is 25.7. The number of fused-ring (bicyclic) bond motifs is 1. The van der Waals surface area contributed by atoms with E-state index in [0.717, 1.165) is 23.3 Å². The monoisotopic (exact) mass is 448 g/mol. The third kappa shape index (κ3) is 7.52. The molecule has 3 aromatic rings. The topological polar surface area (TPSA) is 55.9 Å². The Morgan fingerprint density at radius 3 is 2.19 bits per heavy atom. The molecule has 0 aliphatic heterocycles. The van der Waals surface area contributed by atoms with Gasteiger partial charge in [-0.3, -0.25) is 5.09 Å². The maximum Gasteiger partial charge on any atom is 0.123 e. The molecule has 1 aliphatic rings. The molecular weight excluding hydrogens is 411 g/mol. The predicted octanol–water partition coefficient (Wildman–Crippen LogP) is 6.22. The van der Waals surface area contributed by atoms with E-state index in [2.05, 4.69) is 92.2 Å². The van der Waals surface area contributed by atoms with Crippen molar-refractivity contribution in [1.29, 1.82) is 0 Å². The first-order chi connectivity index (χ1) is 15.4. The molecule has 4 rings (SSSR count). The van der Waals surface area contributed by atoms with Crippen LogP contribution < -0.4 is 10.8 Å². The minimum absolute atomic E-state index is 0.567. The van der Waals surface area contributed by atoms with Gasteiger partial charge in [-0.1, -0.05) is 74.6 Å². The summed E-state index contributed by atoms with van der Waals surface area (Å²) in [6, 6.07) is 15.2. The normalized spacial score (nSPS) is 13.5. The van der Waals surface area contributed by atoms with Gasteiger partial charge in [-0.25, -0.2) is 4.98 Å². The number of benzene rings is 2. The van der Waals surface area contributed by atoms with E-state index in [-0.39, 0.29) is 0 Å². The van der Waals surface area contributed by atoms with Crippen molar-refractivity contribution >= 4 is 19.1 Å². The summed E-state index contributed by atoms with van der Waals surface area (Å²) >= 11 is 0. The molecule has 32 heavy (non-hydrogen) atoms. The van der Waals surface area contributed by atoms with E-state index >= 15 is 0 Å². The predicted molar refractivity (Wildman–Crippen MR) is 141 cm³/mol. The van der Waals surface area contributed by atoms with E-state index < -0.39 is 8.07 Å². The molecule has 2 aromatic carbocycles. The van der Waals surface area contributed by atoms with Crippen molar-refractivity contribution in [3.8, 4) is 12.8 Å². The Hall–Kier alpha value is -2.60. The van der Waals surface area contributed by atoms with Crippen LogP contribution in [-0.4, -0.2) is 16.2 Å². The molecule has 170 valence electrons. The highest BCUT2D eigenvalue weighted by Crippen LogP contribution is 2.31. The van der Waals surface area contributed by atoms with Gasteiger partial charge in [-0.2, -0.15) is 0 Å². The number of aryl methyl sites for hydroxylation is 2. The smallest absolute Gasteiger partial charge is 0.123 e. The van der Waals surface area contributed by atoms with Crippen molar-refractivity contribution in [3.63, 3.8) is 0 Å². The fourth-order valence-corrected chi connectivity index (χ4v) is 4.25. The summed E-state index contributed by atoms with van der Waals surface area (Å²) in [6.45, 7) is 8.68. The number of hydrogen-bond acceptors (Lipinski definition) is 3. The summed E-state index contributed by atoms with van der Waals surface area (Å²) in [6.07, 6.45) is 16.4. The molecule has 1 atom stereocenters. The molecule has 1 aromatic heterocycles. The summed E-state index contributed by atoms with van der Waals surface area (Å²) in [4.78, 5) is 4.74. The average molecular weight is 449 g/mol. The molecular formula is C27H37N4P. The van der Waals surface area contributed by atoms with Gasteiger partial charge in [0.1, 0.15) is 5.82 Å². The third-order valence-electron chi connectivity index (χ3n) is 5.72. The third-order valence-corrected chi connectivity index (χ3v) is 7.22. The van der Waals surface area contributed by atoms with Crippen molar-refractivity contribution in [2.75, 3.05) is 6.66 Å². The number of nitrogens with zero attached hydrogens (tertiary/aromatic N) is 2. The van der Waals surface area contributed by atoms with Crippen LogP contribution in [-0.2, 0) is 20.0 Å². The zero-order chi connectivity index (χ0) is 23.5. The number of imidazole rings is 1.